The Labute approximate surface area is 563 Å². The van der Waals surface area contributed by atoms with Crippen molar-refractivity contribution in [2.45, 2.75) is 96.2 Å². The van der Waals surface area contributed by atoms with Gasteiger partial charge in [0.05, 0.1) is 0 Å². The Morgan fingerprint density at radius 3 is 2.04 bits per heavy atom. The topological polar surface area (TPSA) is 0 Å². The van der Waals surface area contributed by atoms with Crippen molar-refractivity contribution < 1.29 is 0 Å². The highest BCUT2D eigenvalue weighted by atomic mass is 32.2. The van der Waals surface area contributed by atoms with Gasteiger partial charge in [0.15, 0.2) is 0 Å². The summed E-state index contributed by atoms with van der Waals surface area (Å²) >= 11 is 16.3. The molecule has 1 saturated heterocycles. The van der Waals surface area contributed by atoms with Crippen LogP contribution in [0.25, 0.3) is 116 Å². The zero-order chi connectivity index (χ0) is 59.6. The van der Waals surface area contributed by atoms with E-state index in [1.54, 1.807) is 0 Å². The molecule has 0 N–H and O–H groups in total. The van der Waals surface area contributed by atoms with Crippen LogP contribution >= 0.6 is 92.4 Å². The highest BCUT2D eigenvalue weighted by Crippen LogP contribution is 2.64. The lowest BCUT2D eigenvalue weighted by Gasteiger charge is -2.37. The molecule has 0 bridgehead atoms. The fourth-order valence-corrected chi connectivity index (χ4v) is 26.6. The molecule has 4 aliphatic heterocycles. The second-order valence-corrected chi connectivity index (χ2v) is 35.7. The molecule has 15 aromatic rings. The highest BCUT2D eigenvalue weighted by Gasteiger charge is 2.49. The minimum Gasteiger partial charge on any atom is -0.152 e. The SMILES string of the molecule is CC12C=Cc3cc4c(ccc5cc(CCc6ccc7sccc7c6)sc54)cc3C1SCC2c1ccc2ccc(CCC3Cc4ccc5cc6c(ccc7c(C8=CCC(CCc9cc%10ccc%11cc%12c%13c(ccc%12cc%11c%10s9)CCS%13)S8)csc76)cc5c4S3)cc2c1. The number of allylic oxidation sites excluding steroid dienone is 2. The van der Waals surface area contributed by atoms with Crippen LogP contribution in [0.5, 0.6) is 0 Å². The molecule has 5 aliphatic rings. The second-order valence-electron chi connectivity index (χ2n) is 26.7. The summed E-state index contributed by atoms with van der Waals surface area (Å²) in [6.45, 7) is 2.54. The third-order valence-corrected chi connectivity index (χ3v) is 31.4. The average Bonchev–Trinajstić information content (AvgIpc) is 1.73. The molecule has 5 unspecified atom stereocenters. The summed E-state index contributed by atoms with van der Waals surface area (Å²) < 4.78 is 5.69. The van der Waals surface area contributed by atoms with Crippen LogP contribution in [0.1, 0.15) is 91.6 Å². The Morgan fingerprint density at radius 2 is 1.18 bits per heavy atom. The Morgan fingerprint density at radius 1 is 0.495 bits per heavy atom. The van der Waals surface area contributed by atoms with Crippen LogP contribution in [-0.2, 0) is 38.5 Å². The van der Waals surface area contributed by atoms with Crippen molar-refractivity contribution in [2.75, 3.05) is 11.5 Å². The smallest absolute Gasteiger partial charge is 0.0427 e. The van der Waals surface area contributed by atoms with Gasteiger partial charge in [-0.05, 0) is 227 Å². The zero-order valence-corrected chi connectivity index (χ0v) is 56.9. The maximum Gasteiger partial charge on any atom is 0.0427 e. The number of hydrogen-bond acceptors (Lipinski definition) is 8. The Kier molecular flexibility index (Phi) is 13.1. The van der Waals surface area contributed by atoms with Gasteiger partial charge in [0.2, 0.25) is 0 Å². The van der Waals surface area contributed by atoms with Gasteiger partial charge in [-0.3, -0.25) is 0 Å². The van der Waals surface area contributed by atoms with E-state index < -0.39 is 0 Å². The number of thiophene rings is 4. The Bertz CT molecular complexity index is 5670. The van der Waals surface area contributed by atoms with E-state index in [0.29, 0.717) is 21.7 Å². The van der Waals surface area contributed by atoms with Crippen molar-refractivity contribution in [1.82, 2.24) is 0 Å². The molecule has 0 radical (unpaired) electrons. The van der Waals surface area contributed by atoms with Gasteiger partial charge in [-0.2, -0.15) is 11.8 Å². The molecule has 20 rings (SSSR count). The number of benzene rings is 11. The predicted molar refractivity (Wildman–Crippen MR) is 410 cm³/mol. The van der Waals surface area contributed by atoms with Crippen LogP contribution in [0.4, 0.5) is 0 Å². The van der Waals surface area contributed by atoms with Crippen molar-refractivity contribution in [3.63, 3.8) is 0 Å². The van der Waals surface area contributed by atoms with E-state index in [0.717, 1.165) is 44.3 Å². The Balaban J connectivity index is 0.494. The fraction of sp³-hybridized carbons (Fsp3) is 0.205. The molecular weight excluding hydrogens is 1250 g/mol. The van der Waals surface area contributed by atoms with Crippen LogP contribution in [0.2, 0.25) is 0 Å². The molecule has 0 spiro atoms. The monoisotopic (exact) mass is 1310 g/mol. The second kappa shape index (κ2) is 21.6. The quantitative estimate of drug-likeness (QED) is 0.118. The molecule has 4 aromatic heterocycles. The van der Waals surface area contributed by atoms with Gasteiger partial charge < -0.3 is 0 Å². The summed E-state index contributed by atoms with van der Waals surface area (Å²) in [5.74, 6) is 2.80. The van der Waals surface area contributed by atoms with E-state index in [4.69, 9.17) is 0 Å². The van der Waals surface area contributed by atoms with Crippen LogP contribution < -0.4 is 0 Å². The van der Waals surface area contributed by atoms with Crippen LogP contribution in [0.15, 0.2) is 203 Å². The normalized spacial score (nSPS) is 20.3. The van der Waals surface area contributed by atoms with Crippen molar-refractivity contribution in [2.24, 2.45) is 5.41 Å². The standard InChI is InChI=1S/C83H62S8/c1-83-29-26-55-42-70-53(12-16-59-36-64(90-80(59)70)19-4-47-5-24-75-57(32-47)28-30-84-75)43-72(55)82(83)87-45-74(83)56-13-7-48-6-2-46(33-61(48)34-56)3-18-63-35-58-15-11-52-41-71-54(40-69(52)78(58)89-63)17-23-66-73(44-86-81(66)71)76-25-22-62(88-76)20-21-65-37-60-14-10-51-38-67-50(39-68(51)79(60)91-65)9-8-49-27-31-85-77(49)67/h2,5-17,23-26,28-30,32-34,36-44,62-63,74,82H,3-4,18-22,27,31,35,45H2,1H3. The molecule has 8 heteroatoms. The summed E-state index contributed by atoms with van der Waals surface area (Å²) in [7, 11) is 0. The summed E-state index contributed by atoms with van der Waals surface area (Å²) in [5.41, 5.74) is 11.8. The lowest BCUT2D eigenvalue weighted by Crippen LogP contribution is -2.26. The first-order valence-electron chi connectivity index (χ1n) is 32.6. The van der Waals surface area contributed by atoms with Crippen molar-refractivity contribution in [3.05, 3.63) is 247 Å². The minimum atomic E-state index is 0.0425. The van der Waals surface area contributed by atoms with Gasteiger partial charge in [0.25, 0.3) is 0 Å². The number of hydrogen-bond donors (Lipinski definition) is 0. The minimum absolute atomic E-state index is 0.0425. The average molecular weight is 1320 g/mol. The molecular formula is C83H62S8. The van der Waals surface area contributed by atoms with Gasteiger partial charge in [0.1, 0.15) is 0 Å². The van der Waals surface area contributed by atoms with E-state index in [9.17, 15) is 0 Å². The van der Waals surface area contributed by atoms with Gasteiger partial charge in [-0.1, -0.05) is 134 Å². The molecule has 5 atom stereocenters. The summed E-state index contributed by atoms with van der Waals surface area (Å²) in [6.07, 6.45) is 17.9. The molecule has 0 saturated carbocycles. The number of aryl methyl sites for hydroxylation is 5. The molecule has 11 aromatic carbocycles. The largest absolute Gasteiger partial charge is 0.152 e. The third kappa shape index (κ3) is 9.25. The van der Waals surface area contributed by atoms with Gasteiger partial charge in [-0.25, -0.2) is 0 Å². The van der Waals surface area contributed by atoms with E-state index >= 15 is 0 Å². The van der Waals surface area contributed by atoms with E-state index in [-0.39, 0.29) is 5.41 Å². The Hall–Kier alpha value is -6.30. The summed E-state index contributed by atoms with van der Waals surface area (Å²) in [4.78, 5) is 7.49. The zero-order valence-electron chi connectivity index (χ0n) is 50.4. The van der Waals surface area contributed by atoms with E-state index in [1.165, 1.54) is 199 Å². The first kappa shape index (κ1) is 55.2. The number of thioether (sulfide) groups is 4. The lowest BCUT2D eigenvalue weighted by atomic mass is 9.67. The van der Waals surface area contributed by atoms with Gasteiger partial charge >= 0.3 is 0 Å². The maximum atomic E-state index is 2.59. The molecule has 0 amide bonds. The predicted octanol–water partition coefficient (Wildman–Crippen LogP) is 25.6. The van der Waals surface area contributed by atoms with Gasteiger partial charge in [-0.15, -0.1) is 80.6 Å². The van der Waals surface area contributed by atoms with Crippen molar-refractivity contribution >= 4 is 208 Å². The van der Waals surface area contributed by atoms with Gasteiger partial charge in [0, 0.05) is 114 Å². The first-order valence-corrected chi connectivity index (χ1v) is 39.8. The molecule has 1 fully saturated rings. The van der Waals surface area contributed by atoms with Crippen molar-refractivity contribution in [1.29, 1.82) is 0 Å². The molecule has 442 valence electrons. The summed E-state index contributed by atoms with van der Waals surface area (Å²) in [5, 5.41) is 28.5. The maximum absolute atomic E-state index is 2.59. The molecule has 91 heavy (non-hydrogen) atoms. The van der Waals surface area contributed by atoms with E-state index in [2.05, 4.69) is 241 Å². The van der Waals surface area contributed by atoms with Crippen LogP contribution in [-0.4, -0.2) is 22.0 Å². The highest BCUT2D eigenvalue weighted by molar-refractivity contribution is 8.09. The number of rotatable bonds is 11. The third-order valence-electron chi connectivity index (χ3n) is 21.3. The number of fused-ring (bicyclic) bond motifs is 20. The van der Waals surface area contributed by atoms with Crippen LogP contribution in [0.3, 0.4) is 0 Å². The van der Waals surface area contributed by atoms with Crippen molar-refractivity contribution in [3.8, 4) is 0 Å². The summed E-state index contributed by atoms with van der Waals surface area (Å²) in [6, 6.07) is 67.8. The van der Waals surface area contributed by atoms with Crippen LogP contribution in [0, 0.1) is 5.41 Å². The molecule has 1 aliphatic carbocycles. The molecule has 8 heterocycles. The fourth-order valence-electron chi connectivity index (χ4n) is 16.4. The first-order chi connectivity index (χ1) is 44.8. The molecule has 0 nitrogen and oxygen atoms in total. The lowest BCUT2D eigenvalue weighted by molar-refractivity contribution is 0.368. The van der Waals surface area contributed by atoms with E-state index in [1.807, 2.05) is 57.1 Å².